The lowest BCUT2D eigenvalue weighted by Gasteiger charge is -2.30. The van der Waals surface area contributed by atoms with E-state index >= 15 is 0 Å². The van der Waals surface area contributed by atoms with E-state index in [1.54, 1.807) is 18.5 Å². The molecule has 0 unspecified atom stereocenters. The number of nitrogens with two attached hydrogens (primary N) is 1. The van der Waals surface area contributed by atoms with Gasteiger partial charge < -0.3 is 5.32 Å². The average molecular weight is 257 g/mol. The molecule has 0 atom stereocenters. The number of rotatable bonds is 3. The number of nitrogens with zero attached hydrogens (tertiary/aromatic N) is 3. The standard InChI is InChI=1S/C9H15N5O2S/c10-17(15,16)14-6-2-8(3-7-14)13-9-11-4-1-5-12-9/h1,4-5,8H,2-3,6-7H2,(H2,10,15,16)(H,11,12,13). The molecule has 0 radical (unpaired) electrons. The van der Waals surface area contributed by atoms with Crippen molar-refractivity contribution in [2.24, 2.45) is 5.14 Å². The maximum absolute atomic E-state index is 11.1. The summed E-state index contributed by atoms with van der Waals surface area (Å²) in [5.41, 5.74) is 0. The summed E-state index contributed by atoms with van der Waals surface area (Å²) in [6, 6.07) is 1.94. The van der Waals surface area contributed by atoms with Crippen molar-refractivity contribution in [1.82, 2.24) is 14.3 Å². The van der Waals surface area contributed by atoms with Gasteiger partial charge in [0.05, 0.1) is 0 Å². The largest absolute Gasteiger partial charge is 0.351 e. The van der Waals surface area contributed by atoms with Gasteiger partial charge in [0.25, 0.3) is 10.2 Å². The summed E-state index contributed by atoms with van der Waals surface area (Å²) in [4.78, 5) is 8.12. The second kappa shape index (κ2) is 4.94. The van der Waals surface area contributed by atoms with Crippen molar-refractivity contribution in [2.75, 3.05) is 18.4 Å². The number of hydrogen-bond donors (Lipinski definition) is 2. The maximum atomic E-state index is 11.1. The number of piperidine rings is 1. The van der Waals surface area contributed by atoms with Gasteiger partial charge in [-0.15, -0.1) is 0 Å². The van der Waals surface area contributed by atoms with Crippen molar-refractivity contribution in [3.05, 3.63) is 18.5 Å². The van der Waals surface area contributed by atoms with Crippen molar-refractivity contribution >= 4 is 16.2 Å². The summed E-state index contributed by atoms with van der Waals surface area (Å²) in [6.45, 7) is 0.868. The Hall–Kier alpha value is -1.25. The van der Waals surface area contributed by atoms with Crippen LogP contribution in [0.1, 0.15) is 12.8 Å². The Balaban J connectivity index is 1.88. The van der Waals surface area contributed by atoms with E-state index in [9.17, 15) is 8.42 Å². The Kier molecular flexibility index (Phi) is 3.55. The lowest BCUT2D eigenvalue weighted by atomic mass is 10.1. The van der Waals surface area contributed by atoms with Gasteiger partial charge in [0.2, 0.25) is 5.95 Å². The molecule has 1 aliphatic heterocycles. The van der Waals surface area contributed by atoms with Crippen LogP contribution in [-0.4, -0.2) is 41.8 Å². The average Bonchev–Trinajstić information content (AvgIpc) is 2.30. The highest BCUT2D eigenvalue weighted by atomic mass is 32.2. The Morgan fingerprint density at radius 2 is 1.88 bits per heavy atom. The Morgan fingerprint density at radius 3 is 2.41 bits per heavy atom. The molecular weight excluding hydrogens is 242 g/mol. The summed E-state index contributed by atoms with van der Waals surface area (Å²) in [7, 11) is -3.55. The van der Waals surface area contributed by atoms with Crippen molar-refractivity contribution in [3.63, 3.8) is 0 Å². The number of anilines is 1. The van der Waals surface area contributed by atoms with Crippen molar-refractivity contribution in [2.45, 2.75) is 18.9 Å². The van der Waals surface area contributed by atoms with Crippen LogP contribution < -0.4 is 10.5 Å². The molecule has 0 amide bonds. The third-order valence-electron chi connectivity index (χ3n) is 2.71. The molecule has 1 aromatic rings. The molecular formula is C9H15N5O2S. The molecule has 1 aromatic heterocycles. The highest BCUT2D eigenvalue weighted by Gasteiger charge is 2.25. The van der Waals surface area contributed by atoms with Gasteiger partial charge in [-0.1, -0.05) is 0 Å². The van der Waals surface area contributed by atoms with Gasteiger partial charge in [0, 0.05) is 31.5 Å². The zero-order valence-electron chi connectivity index (χ0n) is 9.28. The van der Waals surface area contributed by atoms with E-state index in [2.05, 4.69) is 15.3 Å². The molecule has 0 saturated carbocycles. The molecule has 1 saturated heterocycles. The molecule has 0 aliphatic carbocycles. The van der Waals surface area contributed by atoms with Crippen LogP contribution >= 0.6 is 0 Å². The van der Waals surface area contributed by atoms with Crippen LogP contribution in [-0.2, 0) is 10.2 Å². The first kappa shape index (κ1) is 12.2. The van der Waals surface area contributed by atoms with E-state index in [4.69, 9.17) is 5.14 Å². The zero-order chi connectivity index (χ0) is 12.3. The number of nitrogens with one attached hydrogen (secondary N) is 1. The summed E-state index contributed by atoms with van der Waals surface area (Å²) in [5, 5.41) is 8.23. The molecule has 3 N–H and O–H groups in total. The van der Waals surface area contributed by atoms with Gasteiger partial charge in [0.1, 0.15) is 0 Å². The van der Waals surface area contributed by atoms with Crippen LogP contribution in [0.3, 0.4) is 0 Å². The first-order valence-corrected chi connectivity index (χ1v) is 6.87. The summed E-state index contributed by atoms with van der Waals surface area (Å²) in [5.74, 6) is 0.571. The first-order valence-electron chi connectivity index (χ1n) is 5.37. The van der Waals surface area contributed by atoms with Crippen LogP contribution in [0, 0.1) is 0 Å². The normalized spacial score (nSPS) is 19.1. The monoisotopic (exact) mass is 257 g/mol. The van der Waals surface area contributed by atoms with Gasteiger partial charge in [-0.3, -0.25) is 0 Å². The summed E-state index contributed by atoms with van der Waals surface area (Å²) >= 11 is 0. The van der Waals surface area contributed by atoms with Crippen LogP contribution in [0.5, 0.6) is 0 Å². The van der Waals surface area contributed by atoms with E-state index in [1.165, 1.54) is 4.31 Å². The predicted octanol–water partition coefficient (Wildman–Crippen LogP) is -0.444. The minimum atomic E-state index is -3.55. The van der Waals surface area contributed by atoms with Crippen LogP contribution in [0.4, 0.5) is 5.95 Å². The van der Waals surface area contributed by atoms with Gasteiger partial charge in [-0.25, -0.2) is 15.1 Å². The lowest BCUT2D eigenvalue weighted by Crippen LogP contribution is -2.45. The molecule has 8 heteroatoms. The maximum Gasteiger partial charge on any atom is 0.276 e. The third-order valence-corrected chi connectivity index (χ3v) is 3.80. The quantitative estimate of drug-likeness (QED) is 0.764. The second-order valence-corrected chi connectivity index (χ2v) is 5.48. The van der Waals surface area contributed by atoms with E-state index in [-0.39, 0.29) is 6.04 Å². The molecule has 2 rings (SSSR count). The minimum absolute atomic E-state index is 0.190. The predicted molar refractivity (Wildman–Crippen MR) is 63.4 cm³/mol. The number of aromatic nitrogens is 2. The fourth-order valence-corrected chi connectivity index (χ4v) is 2.53. The Bertz CT molecular complexity index is 456. The molecule has 2 heterocycles. The van der Waals surface area contributed by atoms with Crippen LogP contribution in [0.2, 0.25) is 0 Å². The SMILES string of the molecule is NS(=O)(=O)N1CCC(Nc2ncccn2)CC1. The number of hydrogen-bond acceptors (Lipinski definition) is 5. The molecule has 17 heavy (non-hydrogen) atoms. The zero-order valence-corrected chi connectivity index (χ0v) is 10.1. The molecule has 94 valence electrons. The Labute approximate surface area is 100 Å². The molecule has 1 fully saturated rings. The lowest BCUT2D eigenvalue weighted by molar-refractivity contribution is 0.329. The summed E-state index contributed by atoms with van der Waals surface area (Å²) in [6.07, 6.45) is 4.73. The van der Waals surface area contributed by atoms with E-state index < -0.39 is 10.2 Å². The fraction of sp³-hybridized carbons (Fsp3) is 0.556. The highest BCUT2D eigenvalue weighted by Crippen LogP contribution is 2.14. The van der Waals surface area contributed by atoms with Crippen LogP contribution in [0.15, 0.2) is 18.5 Å². The molecule has 0 bridgehead atoms. The second-order valence-electron chi connectivity index (χ2n) is 3.94. The van der Waals surface area contributed by atoms with Gasteiger partial charge in [0.15, 0.2) is 0 Å². The van der Waals surface area contributed by atoms with Crippen LogP contribution in [0.25, 0.3) is 0 Å². The fourth-order valence-electron chi connectivity index (χ4n) is 1.81. The molecule has 0 spiro atoms. The summed E-state index contributed by atoms with van der Waals surface area (Å²) < 4.78 is 23.5. The molecule has 7 nitrogen and oxygen atoms in total. The first-order chi connectivity index (χ1) is 8.05. The van der Waals surface area contributed by atoms with E-state index in [0.717, 1.165) is 0 Å². The van der Waals surface area contributed by atoms with E-state index in [0.29, 0.717) is 31.9 Å². The highest BCUT2D eigenvalue weighted by molar-refractivity contribution is 7.86. The van der Waals surface area contributed by atoms with Crippen molar-refractivity contribution < 1.29 is 8.42 Å². The molecule has 0 aromatic carbocycles. The Morgan fingerprint density at radius 1 is 1.29 bits per heavy atom. The van der Waals surface area contributed by atoms with E-state index in [1.807, 2.05) is 0 Å². The molecule has 1 aliphatic rings. The van der Waals surface area contributed by atoms with Crippen molar-refractivity contribution in [3.8, 4) is 0 Å². The third kappa shape index (κ3) is 3.35. The van der Waals surface area contributed by atoms with Gasteiger partial charge in [-0.2, -0.15) is 12.7 Å². The van der Waals surface area contributed by atoms with Gasteiger partial charge >= 0.3 is 0 Å². The topological polar surface area (TPSA) is 101 Å². The smallest absolute Gasteiger partial charge is 0.276 e. The minimum Gasteiger partial charge on any atom is -0.351 e. The van der Waals surface area contributed by atoms with Gasteiger partial charge in [-0.05, 0) is 18.9 Å². The van der Waals surface area contributed by atoms with Crippen molar-refractivity contribution in [1.29, 1.82) is 0 Å².